The fraction of sp³-hybridized carbons (Fsp3) is 0.933. The average molecular weight is 272 g/mol. The van der Waals surface area contributed by atoms with Crippen LogP contribution in [0.2, 0.25) is 0 Å². The first-order valence-electron chi connectivity index (χ1n) is 7.38. The highest BCUT2D eigenvalue weighted by Crippen LogP contribution is 2.31. The Bertz CT molecular complexity index is 249. The van der Waals surface area contributed by atoms with Crippen molar-refractivity contribution < 1.29 is 9.90 Å². The first kappa shape index (κ1) is 18.4. The van der Waals surface area contributed by atoms with Crippen LogP contribution in [-0.2, 0) is 4.79 Å². The SMILES string of the molecule is CC(CCO)CNC(=O)CCC(CCN)C(C)(C)C. The minimum absolute atomic E-state index is 0.107. The second-order valence-corrected chi connectivity index (χ2v) is 6.60. The molecule has 2 unspecified atom stereocenters. The zero-order valence-corrected chi connectivity index (χ0v) is 13.0. The van der Waals surface area contributed by atoms with Gasteiger partial charge in [-0.2, -0.15) is 0 Å². The Morgan fingerprint density at radius 2 is 1.89 bits per heavy atom. The summed E-state index contributed by atoms with van der Waals surface area (Å²) in [4.78, 5) is 11.8. The lowest BCUT2D eigenvalue weighted by Crippen LogP contribution is -2.30. The highest BCUT2D eigenvalue weighted by atomic mass is 16.3. The van der Waals surface area contributed by atoms with Gasteiger partial charge in [-0.05, 0) is 43.1 Å². The van der Waals surface area contributed by atoms with E-state index in [0.29, 0.717) is 31.3 Å². The van der Waals surface area contributed by atoms with Crippen LogP contribution in [-0.4, -0.2) is 30.7 Å². The van der Waals surface area contributed by atoms with E-state index in [4.69, 9.17) is 10.8 Å². The lowest BCUT2D eigenvalue weighted by molar-refractivity contribution is -0.121. The Morgan fingerprint density at radius 3 is 2.37 bits per heavy atom. The first-order valence-corrected chi connectivity index (χ1v) is 7.38. The lowest BCUT2D eigenvalue weighted by Gasteiger charge is -2.30. The standard InChI is InChI=1S/C15H32N2O2/c1-12(8-10-18)11-17-14(19)6-5-13(7-9-16)15(2,3)4/h12-13,18H,5-11,16H2,1-4H3,(H,17,19). The maximum atomic E-state index is 11.8. The molecule has 0 spiro atoms. The van der Waals surface area contributed by atoms with E-state index in [1.807, 2.05) is 6.92 Å². The van der Waals surface area contributed by atoms with Gasteiger partial charge in [-0.15, -0.1) is 0 Å². The molecular formula is C15H32N2O2. The van der Waals surface area contributed by atoms with Gasteiger partial charge in [-0.3, -0.25) is 4.79 Å². The van der Waals surface area contributed by atoms with Crippen LogP contribution in [0.5, 0.6) is 0 Å². The molecule has 2 atom stereocenters. The van der Waals surface area contributed by atoms with Crippen molar-refractivity contribution >= 4 is 5.91 Å². The minimum Gasteiger partial charge on any atom is -0.396 e. The molecular weight excluding hydrogens is 240 g/mol. The summed E-state index contributed by atoms with van der Waals surface area (Å²) in [6.07, 6.45) is 3.16. The molecule has 0 aliphatic rings. The number of carbonyl (C=O) groups excluding carboxylic acids is 1. The van der Waals surface area contributed by atoms with Gasteiger partial charge in [-0.25, -0.2) is 0 Å². The summed E-state index contributed by atoms with van der Waals surface area (Å²) in [5.41, 5.74) is 5.84. The molecule has 0 aromatic rings. The molecule has 0 rings (SSSR count). The molecule has 0 saturated carbocycles. The van der Waals surface area contributed by atoms with Crippen LogP contribution in [0.1, 0.15) is 53.4 Å². The van der Waals surface area contributed by atoms with Crippen molar-refractivity contribution in [1.82, 2.24) is 5.32 Å². The summed E-state index contributed by atoms with van der Waals surface area (Å²) in [6, 6.07) is 0. The van der Waals surface area contributed by atoms with E-state index in [1.165, 1.54) is 0 Å². The predicted octanol–water partition coefficient (Wildman–Crippen LogP) is 1.91. The number of aliphatic hydroxyl groups excluding tert-OH is 1. The lowest BCUT2D eigenvalue weighted by atomic mass is 9.76. The second kappa shape index (κ2) is 9.32. The van der Waals surface area contributed by atoms with Gasteiger partial charge in [0.25, 0.3) is 0 Å². The van der Waals surface area contributed by atoms with Gasteiger partial charge >= 0.3 is 0 Å². The fourth-order valence-corrected chi connectivity index (χ4v) is 2.22. The van der Waals surface area contributed by atoms with Crippen molar-refractivity contribution in [3.63, 3.8) is 0 Å². The largest absolute Gasteiger partial charge is 0.396 e. The van der Waals surface area contributed by atoms with E-state index in [0.717, 1.165) is 19.3 Å². The molecule has 1 amide bonds. The molecule has 4 nitrogen and oxygen atoms in total. The number of nitrogens with one attached hydrogen (secondary N) is 1. The van der Waals surface area contributed by atoms with Crippen molar-refractivity contribution in [1.29, 1.82) is 0 Å². The molecule has 0 aliphatic heterocycles. The van der Waals surface area contributed by atoms with Crippen LogP contribution in [0.3, 0.4) is 0 Å². The number of amides is 1. The van der Waals surface area contributed by atoms with Crippen LogP contribution >= 0.6 is 0 Å². The monoisotopic (exact) mass is 272 g/mol. The maximum Gasteiger partial charge on any atom is 0.220 e. The maximum absolute atomic E-state index is 11.8. The van der Waals surface area contributed by atoms with E-state index >= 15 is 0 Å². The van der Waals surface area contributed by atoms with Gasteiger partial charge in [0.2, 0.25) is 5.91 Å². The van der Waals surface area contributed by atoms with Gasteiger partial charge in [0.05, 0.1) is 0 Å². The molecule has 0 fully saturated rings. The molecule has 0 heterocycles. The number of hydrogen-bond acceptors (Lipinski definition) is 3. The van der Waals surface area contributed by atoms with Gasteiger partial charge < -0.3 is 16.2 Å². The van der Waals surface area contributed by atoms with E-state index in [9.17, 15) is 4.79 Å². The van der Waals surface area contributed by atoms with Crippen molar-refractivity contribution in [2.24, 2.45) is 23.0 Å². The van der Waals surface area contributed by atoms with Crippen LogP contribution in [0, 0.1) is 17.3 Å². The number of aliphatic hydroxyl groups is 1. The normalized spacial score (nSPS) is 15.1. The first-order chi connectivity index (χ1) is 8.81. The highest BCUT2D eigenvalue weighted by molar-refractivity contribution is 5.75. The molecule has 0 aliphatic carbocycles. The summed E-state index contributed by atoms with van der Waals surface area (Å²) < 4.78 is 0. The summed E-state index contributed by atoms with van der Waals surface area (Å²) in [6.45, 7) is 10.1. The number of carbonyl (C=O) groups is 1. The van der Waals surface area contributed by atoms with Crippen molar-refractivity contribution in [3.8, 4) is 0 Å². The van der Waals surface area contributed by atoms with Gasteiger partial charge in [0, 0.05) is 19.6 Å². The highest BCUT2D eigenvalue weighted by Gasteiger charge is 2.24. The Hall–Kier alpha value is -0.610. The summed E-state index contributed by atoms with van der Waals surface area (Å²) in [5, 5.41) is 11.7. The van der Waals surface area contributed by atoms with E-state index < -0.39 is 0 Å². The molecule has 0 radical (unpaired) electrons. The Morgan fingerprint density at radius 1 is 1.26 bits per heavy atom. The number of nitrogens with two attached hydrogens (primary N) is 1. The molecule has 0 bridgehead atoms. The zero-order chi connectivity index (χ0) is 14.9. The van der Waals surface area contributed by atoms with Gasteiger partial charge in [0.15, 0.2) is 0 Å². The van der Waals surface area contributed by atoms with Crippen LogP contribution < -0.4 is 11.1 Å². The van der Waals surface area contributed by atoms with Crippen LogP contribution in [0.4, 0.5) is 0 Å². The van der Waals surface area contributed by atoms with Crippen LogP contribution in [0.25, 0.3) is 0 Å². The molecule has 0 aromatic heterocycles. The topological polar surface area (TPSA) is 75.3 Å². The summed E-state index contributed by atoms with van der Waals surface area (Å²) in [7, 11) is 0. The molecule has 0 saturated heterocycles. The summed E-state index contributed by atoms with van der Waals surface area (Å²) >= 11 is 0. The predicted molar refractivity (Wildman–Crippen MR) is 79.7 cm³/mol. The minimum atomic E-state index is 0.107. The smallest absolute Gasteiger partial charge is 0.220 e. The molecule has 0 aromatic carbocycles. The van der Waals surface area contributed by atoms with E-state index in [-0.39, 0.29) is 17.9 Å². The second-order valence-electron chi connectivity index (χ2n) is 6.60. The molecule has 4 N–H and O–H groups in total. The summed E-state index contributed by atoms with van der Waals surface area (Å²) in [5.74, 6) is 0.922. The molecule has 19 heavy (non-hydrogen) atoms. The van der Waals surface area contributed by atoms with E-state index in [1.54, 1.807) is 0 Å². The molecule has 114 valence electrons. The molecule has 4 heteroatoms. The zero-order valence-electron chi connectivity index (χ0n) is 13.0. The van der Waals surface area contributed by atoms with Crippen LogP contribution in [0.15, 0.2) is 0 Å². The van der Waals surface area contributed by atoms with Crippen molar-refractivity contribution in [2.75, 3.05) is 19.7 Å². The van der Waals surface area contributed by atoms with E-state index in [2.05, 4.69) is 26.1 Å². The number of rotatable bonds is 9. The number of hydrogen-bond donors (Lipinski definition) is 3. The quantitative estimate of drug-likeness (QED) is 0.600. The van der Waals surface area contributed by atoms with Gasteiger partial charge in [-0.1, -0.05) is 27.7 Å². The third kappa shape index (κ3) is 9.00. The van der Waals surface area contributed by atoms with Gasteiger partial charge in [0.1, 0.15) is 0 Å². The third-order valence-corrected chi connectivity index (χ3v) is 3.73. The Balaban J connectivity index is 3.99. The van der Waals surface area contributed by atoms with Crippen molar-refractivity contribution in [3.05, 3.63) is 0 Å². The Labute approximate surface area is 118 Å². The Kier molecular flexibility index (Phi) is 9.02. The fourth-order valence-electron chi connectivity index (χ4n) is 2.22. The van der Waals surface area contributed by atoms with Crippen molar-refractivity contribution in [2.45, 2.75) is 53.4 Å². The average Bonchev–Trinajstić information content (AvgIpc) is 2.30. The third-order valence-electron chi connectivity index (χ3n) is 3.73.